The van der Waals surface area contributed by atoms with Gasteiger partial charge in [0.15, 0.2) is 0 Å². The van der Waals surface area contributed by atoms with E-state index in [0.29, 0.717) is 11.3 Å². The molecular formula is C19H18FN3S. The smallest absolute Gasteiger partial charge is 0.205 e. The highest BCUT2D eigenvalue weighted by molar-refractivity contribution is 7.07. The minimum Gasteiger partial charge on any atom is -0.261 e. The molecule has 3 rings (SSSR count). The summed E-state index contributed by atoms with van der Waals surface area (Å²) in [5.41, 5.74) is 4.29. The number of hydrogen-bond acceptors (Lipinski definition) is 3. The second kappa shape index (κ2) is 6.93. The van der Waals surface area contributed by atoms with E-state index in [2.05, 4.69) is 41.3 Å². The average molecular weight is 339 g/mol. The fourth-order valence-corrected chi connectivity index (χ4v) is 3.23. The monoisotopic (exact) mass is 339 g/mol. The Kier molecular flexibility index (Phi) is 4.71. The number of hydrogen-bond donors (Lipinski definition) is 0. The second-order valence-electron chi connectivity index (χ2n) is 5.47. The van der Waals surface area contributed by atoms with Crippen molar-refractivity contribution < 1.29 is 4.39 Å². The van der Waals surface area contributed by atoms with Crippen molar-refractivity contribution in [3.63, 3.8) is 0 Å². The van der Waals surface area contributed by atoms with Crippen molar-refractivity contribution in [2.45, 2.75) is 13.8 Å². The molecule has 3 nitrogen and oxygen atoms in total. The highest BCUT2D eigenvalue weighted by Crippen LogP contribution is 2.21. The van der Waals surface area contributed by atoms with Crippen molar-refractivity contribution in [2.75, 3.05) is 7.05 Å². The van der Waals surface area contributed by atoms with E-state index in [1.807, 2.05) is 11.4 Å². The summed E-state index contributed by atoms with van der Waals surface area (Å²) in [5, 5.41) is 6.65. The van der Waals surface area contributed by atoms with Crippen LogP contribution < -0.4 is 4.80 Å². The fraction of sp³-hybridized carbons (Fsp3) is 0.158. The molecule has 0 amide bonds. The third kappa shape index (κ3) is 3.21. The van der Waals surface area contributed by atoms with E-state index in [1.54, 1.807) is 30.8 Å². The molecular weight excluding hydrogens is 321 g/mol. The van der Waals surface area contributed by atoms with Gasteiger partial charge < -0.3 is 0 Å². The van der Waals surface area contributed by atoms with Crippen LogP contribution in [0.25, 0.3) is 11.3 Å². The highest BCUT2D eigenvalue weighted by atomic mass is 32.1. The summed E-state index contributed by atoms with van der Waals surface area (Å²) in [6, 6.07) is 14.9. The Morgan fingerprint density at radius 3 is 2.46 bits per heavy atom. The van der Waals surface area contributed by atoms with E-state index >= 15 is 0 Å². The number of aromatic nitrogens is 1. The molecule has 0 saturated heterocycles. The Balaban J connectivity index is 2.14. The molecule has 24 heavy (non-hydrogen) atoms. The Labute approximate surface area is 144 Å². The van der Waals surface area contributed by atoms with E-state index < -0.39 is 0 Å². The lowest BCUT2D eigenvalue weighted by Crippen LogP contribution is -2.14. The van der Waals surface area contributed by atoms with Gasteiger partial charge in [-0.05, 0) is 19.9 Å². The van der Waals surface area contributed by atoms with Crippen LogP contribution in [0, 0.1) is 12.7 Å². The number of rotatable bonds is 3. The van der Waals surface area contributed by atoms with E-state index in [4.69, 9.17) is 0 Å². The lowest BCUT2D eigenvalue weighted by atomic mass is 10.1. The van der Waals surface area contributed by atoms with Gasteiger partial charge in [0.25, 0.3) is 0 Å². The molecule has 0 saturated carbocycles. The Bertz CT molecular complexity index is 949. The maximum absolute atomic E-state index is 14.0. The molecule has 122 valence electrons. The fourth-order valence-electron chi connectivity index (χ4n) is 2.43. The molecule has 0 fully saturated rings. The van der Waals surface area contributed by atoms with Crippen LogP contribution in [-0.4, -0.2) is 17.4 Å². The molecule has 1 aromatic heterocycles. The van der Waals surface area contributed by atoms with Crippen LogP contribution >= 0.6 is 11.3 Å². The highest BCUT2D eigenvalue weighted by Gasteiger charge is 2.10. The summed E-state index contributed by atoms with van der Waals surface area (Å²) in [4.78, 5) is 5.05. The zero-order valence-electron chi connectivity index (χ0n) is 13.8. The van der Waals surface area contributed by atoms with Gasteiger partial charge in [0.1, 0.15) is 5.82 Å². The summed E-state index contributed by atoms with van der Waals surface area (Å²) in [7, 11) is 1.73. The summed E-state index contributed by atoms with van der Waals surface area (Å²) in [6.45, 7) is 3.86. The lowest BCUT2D eigenvalue weighted by molar-refractivity contribution is 0.624. The Hall–Kier alpha value is -2.53. The lowest BCUT2D eigenvalue weighted by Gasteiger charge is -2.07. The molecule has 0 radical (unpaired) electrons. The van der Waals surface area contributed by atoms with E-state index in [-0.39, 0.29) is 5.82 Å². The predicted molar refractivity (Wildman–Crippen MR) is 98.0 cm³/mol. The van der Waals surface area contributed by atoms with E-state index in [0.717, 1.165) is 16.1 Å². The van der Waals surface area contributed by atoms with Gasteiger partial charge in [-0.1, -0.05) is 48.0 Å². The Morgan fingerprint density at radius 2 is 1.79 bits per heavy atom. The summed E-state index contributed by atoms with van der Waals surface area (Å²) >= 11 is 1.51. The molecule has 0 aliphatic rings. The van der Waals surface area contributed by atoms with Crippen LogP contribution in [0.1, 0.15) is 18.1 Å². The van der Waals surface area contributed by atoms with Crippen LogP contribution in [0.2, 0.25) is 0 Å². The minimum absolute atomic E-state index is 0.276. The van der Waals surface area contributed by atoms with Crippen LogP contribution in [0.5, 0.6) is 0 Å². The molecule has 0 aliphatic heterocycles. The van der Waals surface area contributed by atoms with Gasteiger partial charge in [-0.15, -0.1) is 11.3 Å². The van der Waals surface area contributed by atoms with Crippen LogP contribution in [0.15, 0.2) is 64.0 Å². The van der Waals surface area contributed by atoms with Gasteiger partial charge in [0.05, 0.1) is 11.4 Å². The topological polar surface area (TPSA) is 29.6 Å². The maximum Gasteiger partial charge on any atom is 0.205 e. The summed E-state index contributed by atoms with van der Waals surface area (Å²) in [6.07, 6.45) is 0. The first-order chi connectivity index (χ1) is 11.6. The summed E-state index contributed by atoms with van der Waals surface area (Å²) < 4.78 is 15.8. The molecule has 0 aliphatic carbocycles. The zero-order valence-corrected chi connectivity index (χ0v) is 14.6. The number of halogens is 1. The zero-order chi connectivity index (χ0) is 17.1. The van der Waals surface area contributed by atoms with E-state index in [1.165, 1.54) is 23.0 Å². The number of aryl methyl sites for hydroxylation is 1. The molecule has 0 N–H and O–H groups in total. The molecule has 0 bridgehead atoms. The van der Waals surface area contributed by atoms with Crippen molar-refractivity contribution in [1.29, 1.82) is 0 Å². The minimum atomic E-state index is -0.276. The predicted octanol–water partition coefficient (Wildman–Crippen LogP) is 4.47. The number of nitrogens with zero attached hydrogens (tertiary/aromatic N) is 3. The van der Waals surface area contributed by atoms with Crippen LogP contribution in [0.4, 0.5) is 4.39 Å². The Morgan fingerprint density at radius 1 is 1.08 bits per heavy atom. The quantitative estimate of drug-likeness (QED) is 0.630. The molecule has 0 atom stereocenters. The van der Waals surface area contributed by atoms with Crippen molar-refractivity contribution in [2.24, 2.45) is 10.1 Å². The standard InChI is InChI=1S/C19H18FN3S/c1-13-8-10-15(11-9-13)18-12-24-19(21-3)23(18)22-14(2)16-6-4-5-7-17(16)20/h4-12H,1-3H3. The molecule has 3 aromatic rings. The van der Waals surface area contributed by atoms with Crippen LogP contribution in [0.3, 0.4) is 0 Å². The molecule has 1 heterocycles. The maximum atomic E-state index is 14.0. The van der Waals surface area contributed by atoms with Crippen molar-refractivity contribution in [3.05, 3.63) is 75.7 Å². The van der Waals surface area contributed by atoms with Gasteiger partial charge in [-0.25, -0.2) is 9.07 Å². The molecule has 0 unspecified atom stereocenters. The first kappa shape index (κ1) is 16.3. The van der Waals surface area contributed by atoms with Gasteiger partial charge in [0, 0.05) is 23.6 Å². The van der Waals surface area contributed by atoms with Gasteiger partial charge in [-0.3, -0.25) is 4.99 Å². The van der Waals surface area contributed by atoms with Crippen LogP contribution in [-0.2, 0) is 0 Å². The second-order valence-corrected chi connectivity index (χ2v) is 6.31. The average Bonchev–Trinajstić information content (AvgIpc) is 2.98. The van der Waals surface area contributed by atoms with Gasteiger partial charge in [0.2, 0.25) is 4.80 Å². The third-order valence-corrected chi connectivity index (χ3v) is 4.65. The molecule has 5 heteroatoms. The van der Waals surface area contributed by atoms with Gasteiger partial charge in [-0.2, -0.15) is 5.10 Å². The number of thiazole rings is 1. The van der Waals surface area contributed by atoms with Crippen molar-refractivity contribution in [3.8, 4) is 11.3 Å². The molecule has 0 spiro atoms. The summed E-state index contributed by atoms with van der Waals surface area (Å²) in [5.74, 6) is -0.276. The SMILES string of the molecule is CN=c1scc(-c2ccc(C)cc2)n1N=C(C)c1ccccc1F. The van der Waals surface area contributed by atoms with E-state index in [9.17, 15) is 4.39 Å². The molecule has 2 aromatic carbocycles. The first-order valence-electron chi connectivity index (χ1n) is 7.61. The van der Waals surface area contributed by atoms with Crippen molar-refractivity contribution >= 4 is 17.0 Å². The van der Waals surface area contributed by atoms with Crippen molar-refractivity contribution in [1.82, 2.24) is 4.68 Å². The third-order valence-electron chi connectivity index (χ3n) is 3.74. The first-order valence-corrected chi connectivity index (χ1v) is 8.49. The van der Waals surface area contributed by atoms with Gasteiger partial charge >= 0.3 is 0 Å². The number of benzene rings is 2. The normalized spacial score (nSPS) is 12.7. The largest absolute Gasteiger partial charge is 0.261 e.